The molecular formula is C22H18Br2N2S. The van der Waals surface area contributed by atoms with E-state index in [1.54, 1.807) is 11.8 Å². The first-order chi connectivity index (χ1) is 12.8. The number of nitrogens with one attached hydrogen (secondary N) is 1. The van der Waals surface area contributed by atoms with Crippen molar-refractivity contribution in [2.45, 2.75) is 6.54 Å². The normalized spacial score (nSPS) is 17.4. The van der Waals surface area contributed by atoms with Crippen molar-refractivity contribution >= 4 is 44.2 Å². The Bertz CT molecular complexity index is 939. The second-order valence-corrected chi connectivity index (χ2v) is 7.82. The van der Waals surface area contributed by atoms with Gasteiger partial charge in [-0.1, -0.05) is 64.5 Å². The zero-order chi connectivity index (χ0) is 17.8. The molecule has 0 aromatic heterocycles. The minimum atomic E-state index is 0. The van der Waals surface area contributed by atoms with Crippen LogP contribution in [0.3, 0.4) is 0 Å². The molecule has 1 atom stereocenters. The molecule has 0 amide bonds. The highest BCUT2D eigenvalue weighted by atomic mass is 79.9. The average Bonchev–Trinajstić information content (AvgIpc) is 3.06. The zero-order valence-corrected chi connectivity index (χ0v) is 18.5. The predicted octanol–water partition coefficient (Wildman–Crippen LogP) is 2.27. The first-order valence-electron chi connectivity index (χ1n) is 8.46. The highest BCUT2D eigenvalue weighted by Crippen LogP contribution is 2.24. The van der Waals surface area contributed by atoms with Crippen LogP contribution < -0.4 is 21.9 Å². The molecule has 1 unspecified atom stereocenters. The van der Waals surface area contributed by atoms with Crippen LogP contribution in [-0.4, -0.2) is 5.17 Å². The SMILES string of the molecule is Brc1ccc(C2=CSC(=Nc3ccccc3)[NH+]2Cc2ccccc2)cc1.[Br-]. The summed E-state index contributed by atoms with van der Waals surface area (Å²) in [6.45, 7) is 0.876. The van der Waals surface area contributed by atoms with Gasteiger partial charge >= 0.3 is 0 Å². The number of nitrogens with zero attached hydrogens (tertiary/aromatic N) is 1. The number of halogens is 2. The summed E-state index contributed by atoms with van der Waals surface area (Å²) in [6.07, 6.45) is 0. The summed E-state index contributed by atoms with van der Waals surface area (Å²) >= 11 is 5.23. The van der Waals surface area contributed by atoms with Crippen molar-refractivity contribution in [1.82, 2.24) is 0 Å². The van der Waals surface area contributed by atoms with E-state index in [-0.39, 0.29) is 17.0 Å². The molecule has 0 fully saturated rings. The van der Waals surface area contributed by atoms with Crippen LogP contribution in [0.1, 0.15) is 11.1 Å². The van der Waals surface area contributed by atoms with Gasteiger partial charge in [-0.25, -0.2) is 4.90 Å². The summed E-state index contributed by atoms with van der Waals surface area (Å²) in [5.74, 6) is 0. The monoisotopic (exact) mass is 500 g/mol. The molecule has 1 heterocycles. The maximum Gasteiger partial charge on any atom is 0.272 e. The van der Waals surface area contributed by atoms with Crippen molar-refractivity contribution in [2.24, 2.45) is 4.99 Å². The van der Waals surface area contributed by atoms with Gasteiger partial charge in [0.25, 0.3) is 5.17 Å². The Morgan fingerprint density at radius 3 is 2.11 bits per heavy atom. The summed E-state index contributed by atoms with van der Waals surface area (Å²) in [5, 5.41) is 3.31. The Morgan fingerprint density at radius 1 is 0.815 bits per heavy atom. The lowest BCUT2D eigenvalue weighted by Crippen LogP contribution is -3.08. The van der Waals surface area contributed by atoms with Gasteiger partial charge in [0.1, 0.15) is 6.54 Å². The van der Waals surface area contributed by atoms with Crippen molar-refractivity contribution in [1.29, 1.82) is 0 Å². The van der Waals surface area contributed by atoms with Gasteiger partial charge in [-0.15, -0.1) is 0 Å². The van der Waals surface area contributed by atoms with Crippen LogP contribution in [0.4, 0.5) is 5.69 Å². The summed E-state index contributed by atoms with van der Waals surface area (Å²) in [4.78, 5) is 6.19. The van der Waals surface area contributed by atoms with Crippen LogP contribution in [0.15, 0.2) is 99.8 Å². The van der Waals surface area contributed by atoms with E-state index in [9.17, 15) is 0 Å². The topological polar surface area (TPSA) is 16.8 Å². The number of hydrogen-bond acceptors (Lipinski definition) is 2. The quantitative estimate of drug-likeness (QED) is 0.580. The van der Waals surface area contributed by atoms with Gasteiger partial charge in [-0.3, -0.25) is 0 Å². The second kappa shape index (κ2) is 9.51. The number of benzene rings is 3. The van der Waals surface area contributed by atoms with Gasteiger partial charge in [-0.2, -0.15) is 4.99 Å². The third-order valence-electron chi connectivity index (χ3n) is 4.24. The van der Waals surface area contributed by atoms with Crippen molar-refractivity contribution in [3.05, 3.63) is 106 Å². The van der Waals surface area contributed by atoms with E-state index in [4.69, 9.17) is 4.99 Å². The molecule has 136 valence electrons. The fourth-order valence-corrected chi connectivity index (χ4v) is 4.18. The van der Waals surface area contributed by atoms with Gasteiger partial charge in [0.05, 0.1) is 5.69 Å². The lowest BCUT2D eigenvalue weighted by atomic mass is 10.1. The summed E-state index contributed by atoms with van der Waals surface area (Å²) in [6, 6.07) is 29.3. The molecule has 0 saturated heterocycles. The van der Waals surface area contributed by atoms with E-state index in [0.29, 0.717) is 0 Å². The molecule has 0 aliphatic carbocycles. The predicted molar refractivity (Wildman–Crippen MR) is 114 cm³/mol. The Balaban J connectivity index is 0.00000210. The molecule has 3 aromatic rings. The molecular weight excluding hydrogens is 484 g/mol. The van der Waals surface area contributed by atoms with Gasteiger partial charge in [0.2, 0.25) is 0 Å². The summed E-state index contributed by atoms with van der Waals surface area (Å²) in [5.41, 5.74) is 4.78. The lowest BCUT2D eigenvalue weighted by Gasteiger charge is -2.16. The van der Waals surface area contributed by atoms with Gasteiger partial charge in [0, 0.05) is 21.0 Å². The molecule has 0 radical (unpaired) electrons. The zero-order valence-electron chi connectivity index (χ0n) is 14.5. The van der Waals surface area contributed by atoms with Crippen molar-refractivity contribution in [3.8, 4) is 0 Å². The number of amidine groups is 1. The third-order valence-corrected chi connectivity index (χ3v) is 5.68. The van der Waals surface area contributed by atoms with Crippen LogP contribution in [0.25, 0.3) is 5.70 Å². The molecule has 4 rings (SSSR count). The average molecular weight is 502 g/mol. The van der Waals surface area contributed by atoms with Crippen molar-refractivity contribution in [3.63, 3.8) is 0 Å². The molecule has 1 aliphatic rings. The number of aliphatic imine (C=N–C) groups is 1. The third kappa shape index (κ3) is 4.99. The summed E-state index contributed by atoms with van der Waals surface area (Å²) in [7, 11) is 0. The Hall–Kier alpha value is -1.66. The van der Waals surface area contributed by atoms with Crippen LogP contribution in [0.5, 0.6) is 0 Å². The van der Waals surface area contributed by atoms with Crippen molar-refractivity contribution in [2.75, 3.05) is 0 Å². The van der Waals surface area contributed by atoms with E-state index in [0.717, 1.165) is 21.9 Å². The van der Waals surface area contributed by atoms with Crippen molar-refractivity contribution < 1.29 is 21.9 Å². The molecule has 0 bridgehead atoms. The number of hydrogen-bond donors (Lipinski definition) is 1. The molecule has 5 heteroatoms. The van der Waals surface area contributed by atoms with Gasteiger partial charge < -0.3 is 17.0 Å². The van der Waals surface area contributed by atoms with E-state index in [1.807, 2.05) is 30.3 Å². The van der Waals surface area contributed by atoms with E-state index in [2.05, 4.69) is 75.9 Å². The molecule has 0 saturated carbocycles. The lowest BCUT2D eigenvalue weighted by molar-refractivity contribution is -0.733. The van der Waals surface area contributed by atoms with Crippen LogP contribution in [0.2, 0.25) is 0 Å². The standard InChI is InChI=1S/C22H17BrN2S.BrH/c23-19-13-11-18(12-14-19)21-16-26-22(24-20-9-5-2-6-10-20)25(21)15-17-7-3-1-4-8-17;/h1-14,16H,15H2;1H. The number of quaternary nitrogens is 1. The molecule has 0 spiro atoms. The maximum atomic E-state index is 4.91. The minimum absolute atomic E-state index is 0. The van der Waals surface area contributed by atoms with Gasteiger partial charge in [0.15, 0.2) is 5.70 Å². The Morgan fingerprint density at radius 2 is 1.44 bits per heavy atom. The van der Waals surface area contributed by atoms with Crippen LogP contribution >= 0.6 is 27.7 Å². The fraction of sp³-hybridized carbons (Fsp3) is 0.0455. The maximum absolute atomic E-state index is 4.91. The van der Waals surface area contributed by atoms with E-state index < -0.39 is 0 Å². The molecule has 27 heavy (non-hydrogen) atoms. The highest BCUT2D eigenvalue weighted by molar-refractivity contribution is 9.10. The van der Waals surface area contributed by atoms with Gasteiger partial charge in [-0.05, 0) is 48.2 Å². The van der Waals surface area contributed by atoms with E-state index in [1.165, 1.54) is 21.7 Å². The molecule has 1 aliphatic heterocycles. The Kier molecular flexibility index (Phi) is 7.07. The number of para-hydroxylation sites is 1. The minimum Gasteiger partial charge on any atom is -1.00 e. The highest BCUT2D eigenvalue weighted by Gasteiger charge is 2.31. The molecule has 3 aromatic carbocycles. The van der Waals surface area contributed by atoms with Crippen LogP contribution in [-0.2, 0) is 6.54 Å². The largest absolute Gasteiger partial charge is 1.00 e. The molecule has 1 N–H and O–H groups in total. The summed E-state index contributed by atoms with van der Waals surface area (Å²) < 4.78 is 1.09. The first-order valence-corrected chi connectivity index (χ1v) is 10.1. The molecule has 2 nitrogen and oxygen atoms in total. The number of rotatable bonds is 4. The number of thioether (sulfide) groups is 1. The second-order valence-electron chi connectivity index (χ2n) is 6.05. The smallest absolute Gasteiger partial charge is 0.272 e. The first kappa shape index (κ1) is 20.1. The Labute approximate surface area is 182 Å². The van der Waals surface area contributed by atoms with E-state index >= 15 is 0 Å². The fourth-order valence-electron chi connectivity index (χ4n) is 2.93. The van der Waals surface area contributed by atoms with Crippen LogP contribution in [0, 0.1) is 0 Å².